The summed E-state index contributed by atoms with van der Waals surface area (Å²) in [5.41, 5.74) is 1.09. The molecule has 2 amide bonds. The van der Waals surface area contributed by atoms with Gasteiger partial charge < -0.3 is 30.1 Å². The Morgan fingerprint density at radius 3 is 1.57 bits per heavy atom. The second kappa shape index (κ2) is 12.2. The summed E-state index contributed by atoms with van der Waals surface area (Å²) >= 11 is 0. The van der Waals surface area contributed by atoms with E-state index in [0.717, 1.165) is 0 Å². The maximum atomic E-state index is 13.8. The number of benzene rings is 4. The number of aromatic hydroxyl groups is 2. The molecular weight excluding hydrogens is 552 g/mol. The van der Waals surface area contributed by atoms with Crippen molar-refractivity contribution in [3.05, 3.63) is 107 Å². The van der Waals surface area contributed by atoms with E-state index in [1.165, 1.54) is 78.9 Å². The number of hydrogen-bond acceptors (Lipinski definition) is 9. The second-order valence-electron chi connectivity index (χ2n) is 8.42. The van der Waals surface area contributed by atoms with Crippen LogP contribution < -0.4 is 11.0 Å². The number of hydrogen-bond donors (Lipinski definition) is 6. The van der Waals surface area contributed by atoms with Gasteiger partial charge in [0.05, 0.1) is 11.1 Å². The molecular formula is C29H20N2O11. The van der Waals surface area contributed by atoms with E-state index in [-0.39, 0.29) is 33.6 Å². The first-order valence-electron chi connectivity index (χ1n) is 11.9. The molecule has 42 heavy (non-hydrogen) atoms. The van der Waals surface area contributed by atoms with Crippen molar-refractivity contribution in [3.8, 4) is 33.8 Å². The Kier molecular flexibility index (Phi) is 8.33. The summed E-state index contributed by atoms with van der Waals surface area (Å²) in [6.45, 7) is 0. The van der Waals surface area contributed by atoms with Crippen LogP contribution in [0.4, 0.5) is 9.59 Å². The molecule has 0 bridgehead atoms. The fourth-order valence-corrected chi connectivity index (χ4v) is 4.23. The molecule has 0 spiro atoms. The summed E-state index contributed by atoms with van der Waals surface area (Å²) < 4.78 is 0. The van der Waals surface area contributed by atoms with Crippen LogP contribution in [0.25, 0.3) is 22.3 Å². The van der Waals surface area contributed by atoms with Gasteiger partial charge in [-0.25, -0.2) is 9.59 Å². The fraction of sp³-hybridized carbons (Fsp3) is 0. The highest BCUT2D eigenvalue weighted by Crippen LogP contribution is 2.44. The summed E-state index contributed by atoms with van der Waals surface area (Å²) in [7, 11) is 0. The van der Waals surface area contributed by atoms with E-state index in [0.29, 0.717) is 0 Å². The number of nitrogens with one attached hydrogen (secondary N) is 2. The number of para-hydroxylation sites is 2. The van der Waals surface area contributed by atoms with E-state index in [4.69, 9.17) is 10.2 Å². The standard InChI is InChI=1S/C29H20N2O11/c32-20-12-6-4-10-16(20)18-14-19(25(34)15-8-2-1-3-9-15)23(26(35)30-41-28(37)38)24(27(36)31-42-29(39)40)22(18)17-11-5-7-13-21(17)33/h1-14,32-33H,(H,30,35)(H,31,36)(H,37,38)(H,39,40). The van der Waals surface area contributed by atoms with Crippen LogP contribution in [0.3, 0.4) is 0 Å². The lowest BCUT2D eigenvalue weighted by atomic mass is 9.82. The van der Waals surface area contributed by atoms with Gasteiger partial charge >= 0.3 is 12.3 Å². The first-order valence-corrected chi connectivity index (χ1v) is 11.9. The number of ketones is 1. The smallest absolute Gasteiger partial charge is 0.507 e. The van der Waals surface area contributed by atoms with E-state index in [9.17, 15) is 34.2 Å². The molecule has 6 N–H and O–H groups in total. The molecule has 0 saturated carbocycles. The number of amides is 2. The van der Waals surface area contributed by atoms with Crippen LogP contribution in [0.2, 0.25) is 0 Å². The Balaban J connectivity index is 2.20. The topological polar surface area (TPSA) is 209 Å². The number of phenols is 2. The summed E-state index contributed by atoms with van der Waals surface area (Å²) in [6, 6.07) is 20.1. The van der Waals surface area contributed by atoms with Gasteiger partial charge in [0.1, 0.15) is 11.5 Å². The van der Waals surface area contributed by atoms with Gasteiger partial charge in [0.15, 0.2) is 5.78 Å². The maximum absolute atomic E-state index is 13.8. The lowest BCUT2D eigenvalue weighted by Gasteiger charge is -2.22. The molecule has 4 aromatic rings. The first kappa shape index (κ1) is 28.6. The molecule has 0 aliphatic carbocycles. The fourth-order valence-electron chi connectivity index (χ4n) is 4.23. The molecule has 0 aliphatic heterocycles. The van der Waals surface area contributed by atoms with Crippen molar-refractivity contribution in [2.75, 3.05) is 0 Å². The van der Waals surface area contributed by atoms with E-state index < -0.39 is 52.3 Å². The Morgan fingerprint density at radius 1 is 0.571 bits per heavy atom. The van der Waals surface area contributed by atoms with Crippen LogP contribution in [-0.4, -0.2) is 50.3 Å². The van der Waals surface area contributed by atoms with Gasteiger partial charge in [0.2, 0.25) is 0 Å². The van der Waals surface area contributed by atoms with Gasteiger partial charge in [-0.05, 0) is 23.8 Å². The lowest BCUT2D eigenvalue weighted by Crippen LogP contribution is -2.34. The second-order valence-corrected chi connectivity index (χ2v) is 8.42. The Labute approximate surface area is 236 Å². The van der Waals surface area contributed by atoms with Gasteiger partial charge in [0, 0.05) is 27.8 Å². The van der Waals surface area contributed by atoms with E-state index in [1.807, 2.05) is 0 Å². The molecule has 0 heterocycles. The lowest BCUT2D eigenvalue weighted by molar-refractivity contribution is 0.0330. The average Bonchev–Trinajstić information content (AvgIpc) is 2.98. The van der Waals surface area contributed by atoms with Crippen molar-refractivity contribution >= 4 is 29.9 Å². The van der Waals surface area contributed by atoms with E-state index in [1.54, 1.807) is 17.0 Å². The summed E-state index contributed by atoms with van der Waals surface area (Å²) in [5, 5.41) is 39.5. The highest BCUT2D eigenvalue weighted by Gasteiger charge is 2.33. The summed E-state index contributed by atoms with van der Waals surface area (Å²) in [4.78, 5) is 71.5. The van der Waals surface area contributed by atoms with Gasteiger partial charge in [-0.1, -0.05) is 66.7 Å². The van der Waals surface area contributed by atoms with Crippen molar-refractivity contribution in [2.24, 2.45) is 0 Å². The van der Waals surface area contributed by atoms with Crippen LogP contribution in [0.1, 0.15) is 36.6 Å². The maximum Gasteiger partial charge on any atom is 0.530 e. The normalized spacial score (nSPS) is 10.3. The molecule has 0 aliphatic rings. The zero-order valence-electron chi connectivity index (χ0n) is 21.2. The molecule has 4 aromatic carbocycles. The summed E-state index contributed by atoms with van der Waals surface area (Å²) in [6.07, 6.45) is -3.85. The largest absolute Gasteiger partial charge is 0.530 e. The third-order valence-corrected chi connectivity index (χ3v) is 5.89. The average molecular weight is 572 g/mol. The highest BCUT2D eigenvalue weighted by atomic mass is 16.8. The molecule has 0 atom stereocenters. The molecule has 212 valence electrons. The van der Waals surface area contributed by atoms with Crippen molar-refractivity contribution in [3.63, 3.8) is 0 Å². The SMILES string of the molecule is O=C(O)ONC(=O)c1c(C(=O)c2ccccc2)cc(-c2ccccc2O)c(-c2ccccc2O)c1C(=O)NOC(=O)O. The van der Waals surface area contributed by atoms with Crippen molar-refractivity contribution in [1.29, 1.82) is 0 Å². The zero-order chi connectivity index (χ0) is 30.4. The van der Waals surface area contributed by atoms with Crippen LogP contribution in [0, 0.1) is 0 Å². The van der Waals surface area contributed by atoms with Crippen molar-refractivity contribution < 1.29 is 54.1 Å². The monoisotopic (exact) mass is 572 g/mol. The first-order chi connectivity index (χ1) is 20.1. The van der Waals surface area contributed by atoms with E-state index in [2.05, 4.69) is 9.68 Å². The molecule has 0 fully saturated rings. The Bertz CT molecular complexity index is 1720. The zero-order valence-corrected chi connectivity index (χ0v) is 21.2. The van der Waals surface area contributed by atoms with Crippen LogP contribution in [0.5, 0.6) is 11.5 Å². The van der Waals surface area contributed by atoms with E-state index >= 15 is 0 Å². The Hall–Kier alpha value is -6.37. The molecule has 4 rings (SSSR count). The Morgan fingerprint density at radius 2 is 1.05 bits per heavy atom. The predicted molar refractivity (Wildman–Crippen MR) is 144 cm³/mol. The quantitative estimate of drug-likeness (QED) is 0.141. The van der Waals surface area contributed by atoms with Crippen LogP contribution >= 0.6 is 0 Å². The third kappa shape index (κ3) is 5.94. The number of carboxylic acid groups (broad SMARTS) is 2. The number of hydroxylamine groups is 2. The summed E-state index contributed by atoms with van der Waals surface area (Å²) in [5.74, 6) is -4.30. The number of carbonyl (C=O) groups excluding carboxylic acids is 3. The highest BCUT2D eigenvalue weighted by molar-refractivity contribution is 6.22. The minimum Gasteiger partial charge on any atom is -0.507 e. The van der Waals surface area contributed by atoms with Crippen LogP contribution in [0.15, 0.2) is 84.9 Å². The number of carbonyl (C=O) groups is 5. The van der Waals surface area contributed by atoms with Gasteiger partial charge in [-0.2, -0.15) is 11.0 Å². The molecule has 0 aromatic heterocycles. The molecule has 13 nitrogen and oxygen atoms in total. The van der Waals surface area contributed by atoms with Gasteiger partial charge in [-0.15, -0.1) is 0 Å². The number of rotatable bonds is 6. The van der Waals surface area contributed by atoms with Crippen molar-refractivity contribution in [2.45, 2.75) is 0 Å². The van der Waals surface area contributed by atoms with Gasteiger partial charge in [-0.3, -0.25) is 14.4 Å². The predicted octanol–water partition coefficient (Wildman–Crippen LogP) is 4.34. The minimum absolute atomic E-state index is 0.0370. The minimum atomic E-state index is -1.93. The van der Waals surface area contributed by atoms with Crippen molar-refractivity contribution in [1.82, 2.24) is 11.0 Å². The molecule has 0 radical (unpaired) electrons. The van der Waals surface area contributed by atoms with Crippen LogP contribution in [-0.2, 0) is 9.68 Å². The molecule has 13 heteroatoms. The number of phenolic OH excluding ortho intramolecular Hbond substituents is 2. The molecule has 0 saturated heterocycles. The van der Waals surface area contributed by atoms with Gasteiger partial charge in [0.25, 0.3) is 11.8 Å². The third-order valence-electron chi connectivity index (χ3n) is 5.89. The molecule has 0 unspecified atom stereocenters.